The van der Waals surface area contributed by atoms with E-state index in [9.17, 15) is 12.8 Å². The van der Waals surface area contributed by atoms with Crippen LogP contribution in [-0.4, -0.2) is 32.6 Å². The van der Waals surface area contributed by atoms with Crippen LogP contribution < -0.4 is 19.3 Å². The summed E-state index contributed by atoms with van der Waals surface area (Å²) in [5, 5.41) is 5.52. The van der Waals surface area contributed by atoms with E-state index in [1.165, 1.54) is 32.7 Å². The van der Waals surface area contributed by atoms with Crippen molar-refractivity contribution in [3.8, 4) is 22.8 Å². The molecule has 0 aliphatic rings. The Hall–Kier alpha value is -2.82. The Morgan fingerprint density at radius 1 is 1.11 bits per heavy atom. The van der Waals surface area contributed by atoms with Crippen LogP contribution in [0.2, 0.25) is 0 Å². The van der Waals surface area contributed by atoms with Crippen molar-refractivity contribution in [3.05, 3.63) is 48.0 Å². The maximum absolute atomic E-state index is 14.4. The second-order valence-electron chi connectivity index (χ2n) is 5.62. The number of hydrogen-bond acceptors (Lipinski definition) is 6. The SMILES string of the molecule is COc1cc2ncnc(-c3ccc(CNS(N)(=O)=O)c(F)c3)c2cc1OC. The molecule has 1 heterocycles. The van der Waals surface area contributed by atoms with Crippen LogP contribution in [0.5, 0.6) is 11.5 Å². The zero-order chi connectivity index (χ0) is 19.6. The molecule has 0 unspecified atom stereocenters. The van der Waals surface area contributed by atoms with E-state index in [1.54, 1.807) is 18.2 Å². The fourth-order valence-electron chi connectivity index (χ4n) is 2.63. The molecule has 10 heteroatoms. The molecule has 0 bridgehead atoms. The van der Waals surface area contributed by atoms with Crippen LogP contribution in [0.4, 0.5) is 4.39 Å². The van der Waals surface area contributed by atoms with E-state index < -0.39 is 16.0 Å². The van der Waals surface area contributed by atoms with Crippen LogP contribution in [0.25, 0.3) is 22.2 Å². The first-order chi connectivity index (χ1) is 12.8. The number of hydrogen-bond donors (Lipinski definition) is 2. The molecule has 27 heavy (non-hydrogen) atoms. The van der Waals surface area contributed by atoms with E-state index in [0.717, 1.165) is 0 Å². The number of nitrogens with zero attached hydrogens (tertiary/aromatic N) is 2. The summed E-state index contributed by atoms with van der Waals surface area (Å²) in [6.45, 7) is -0.250. The maximum Gasteiger partial charge on any atom is 0.274 e. The molecule has 1 aromatic heterocycles. The number of halogens is 1. The first kappa shape index (κ1) is 19.0. The van der Waals surface area contributed by atoms with Gasteiger partial charge in [0.1, 0.15) is 12.1 Å². The molecule has 2 aromatic carbocycles. The van der Waals surface area contributed by atoms with Crippen molar-refractivity contribution in [1.82, 2.24) is 14.7 Å². The highest BCUT2D eigenvalue weighted by atomic mass is 32.2. The fourth-order valence-corrected chi connectivity index (χ4v) is 2.99. The van der Waals surface area contributed by atoms with Crippen molar-refractivity contribution in [2.75, 3.05) is 14.2 Å². The lowest BCUT2D eigenvalue weighted by Crippen LogP contribution is -2.30. The second-order valence-corrected chi connectivity index (χ2v) is 7.00. The summed E-state index contributed by atoms with van der Waals surface area (Å²) < 4.78 is 49.0. The van der Waals surface area contributed by atoms with Crippen LogP contribution in [0.1, 0.15) is 5.56 Å². The standard InChI is InChI=1S/C17H17FN4O4S/c1-25-15-6-12-14(7-16(15)26-2)20-9-21-17(12)10-3-4-11(13(18)5-10)8-22-27(19,23)24/h3-7,9,22H,8H2,1-2H3,(H2,19,23,24). The van der Waals surface area contributed by atoms with Gasteiger partial charge in [0.2, 0.25) is 0 Å². The van der Waals surface area contributed by atoms with Crippen LogP contribution >= 0.6 is 0 Å². The first-order valence-electron chi connectivity index (χ1n) is 7.75. The van der Waals surface area contributed by atoms with E-state index in [1.807, 2.05) is 4.72 Å². The minimum Gasteiger partial charge on any atom is -0.493 e. The predicted octanol–water partition coefficient (Wildman–Crippen LogP) is 1.75. The lowest BCUT2D eigenvalue weighted by atomic mass is 10.0. The Bertz CT molecular complexity index is 1110. The molecule has 3 aromatic rings. The molecule has 0 aliphatic carbocycles. The van der Waals surface area contributed by atoms with E-state index in [2.05, 4.69) is 9.97 Å². The quantitative estimate of drug-likeness (QED) is 0.660. The molecular formula is C17H17FN4O4S. The summed E-state index contributed by atoms with van der Waals surface area (Å²) in [4.78, 5) is 8.48. The van der Waals surface area contributed by atoms with Gasteiger partial charge in [-0.15, -0.1) is 0 Å². The normalized spacial score (nSPS) is 11.6. The lowest BCUT2D eigenvalue weighted by molar-refractivity contribution is 0.356. The van der Waals surface area contributed by atoms with Gasteiger partial charge in [0.05, 0.1) is 25.4 Å². The highest BCUT2D eigenvalue weighted by molar-refractivity contribution is 7.87. The van der Waals surface area contributed by atoms with Crippen LogP contribution in [0.3, 0.4) is 0 Å². The molecule has 0 amide bonds. The van der Waals surface area contributed by atoms with Crippen molar-refractivity contribution in [1.29, 1.82) is 0 Å². The lowest BCUT2D eigenvalue weighted by Gasteiger charge is -2.12. The Balaban J connectivity index is 2.06. The molecule has 0 spiro atoms. The third-order valence-corrected chi connectivity index (χ3v) is 4.48. The number of ether oxygens (including phenoxy) is 2. The second kappa shape index (κ2) is 7.43. The van der Waals surface area contributed by atoms with Gasteiger partial charge in [-0.25, -0.2) is 19.5 Å². The summed E-state index contributed by atoms with van der Waals surface area (Å²) >= 11 is 0. The zero-order valence-electron chi connectivity index (χ0n) is 14.6. The molecule has 0 radical (unpaired) electrons. The molecule has 0 atom stereocenters. The molecule has 0 aliphatic heterocycles. The van der Waals surface area contributed by atoms with Crippen molar-refractivity contribution in [2.45, 2.75) is 6.54 Å². The van der Waals surface area contributed by atoms with Gasteiger partial charge in [0.15, 0.2) is 11.5 Å². The summed E-state index contributed by atoms with van der Waals surface area (Å²) in [5.74, 6) is 0.427. The molecule has 0 fully saturated rings. The van der Waals surface area contributed by atoms with E-state index in [4.69, 9.17) is 14.6 Å². The van der Waals surface area contributed by atoms with E-state index >= 15 is 0 Å². The van der Waals surface area contributed by atoms with Crippen molar-refractivity contribution < 1.29 is 22.3 Å². The largest absolute Gasteiger partial charge is 0.493 e. The van der Waals surface area contributed by atoms with Gasteiger partial charge in [-0.2, -0.15) is 13.1 Å². The predicted molar refractivity (Wildman–Crippen MR) is 98.0 cm³/mol. The van der Waals surface area contributed by atoms with E-state index in [-0.39, 0.29) is 12.1 Å². The molecule has 3 N–H and O–H groups in total. The molecule has 3 rings (SSSR count). The van der Waals surface area contributed by atoms with Gasteiger partial charge in [-0.3, -0.25) is 0 Å². The van der Waals surface area contributed by atoms with Gasteiger partial charge in [0, 0.05) is 29.1 Å². The smallest absolute Gasteiger partial charge is 0.274 e. The van der Waals surface area contributed by atoms with Crippen molar-refractivity contribution >= 4 is 21.1 Å². The van der Waals surface area contributed by atoms with Gasteiger partial charge < -0.3 is 9.47 Å². The summed E-state index contributed by atoms with van der Waals surface area (Å²) in [5.41, 5.74) is 1.78. The molecule has 0 saturated heterocycles. The number of nitrogens with two attached hydrogens (primary N) is 1. The number of rotatable bonds is 6. The van der Waals surface area contributed by atoms with Crippen molar-refractivity contribution in [2.24, 2.45) is 5.14 Å². The first-order valence-corrected chi connectivity index (χ1v) is 9.30. The Morgan fingerprint density at radius 2 is 1.81 bits per heavy atom. The number of aromatic nitrogens is 2. The van der Waals surface area contributed by atoms with Crippen molar-refractivity contribution in [3.63, 3.8) is 0 Å². The number of benzene rings is 2. The minimum absolute atomic E-state index is 0.158. The van der Waals surface area contributed by atoms with Gasteiger partial charge >= 0.3 is 0 Å². The van der Waals surface area contributed by atoms with Crippen LogP contribution in [0.15, 0.2) is 36.7 Å². The van der Waals surface area contributed by atoms with E-state index in [0.29, 0.717) is 33.7 Å². The molecule has 142 valence electrons. The van der Waals surface area contributed by atoms with Gasteiger partial charge in [-0.1, -0.05) is 12.1 Å². The summed E-state index contributed by atoms with van der Waals surface area (Å²) in [6, 6.07) is 7.82. The summed E-state index contributed by atoms with van der Waals surface area (Å²) in [7, 11) is -0.870. The monoisotopic (exact) mass is 392 g/mol. The average molecular weight is 392 g/mol. The Morgan fingerprint density at radius 3 is 2.44 bits per heavy atom. The highest BCUT2D eigenvalue weighted by Gasteiger charge is 2.14. The number of methoxy groups -OCH3 is 2. The number of nitrogens with one attached hydrogen (secondary N) is 1. The topological polar surface area (TPSA) is 116 Å². The Labute approximate surface area is 155 Å². The zero-order valence-corrected chi connectivity index (χ0v) is 15.4. The third-order valence-electron chi connectivity index (χ3n) is 3.93. The third kappa shape index (κ3) is 4.13. The average Bonchev–Trinajstić information content (AvgIpc) is 2.64. The Kier molecular flexibility index (Phi) is 5.22. The maximum atomic E-state index is 14.4. The van der Waals surface area contributed by atoms with Crippen LogP contribution in [0, 0.1) is 5.82 Å². The number of fused-ring (bicyclic) bond motifs is 1. The van der Waals surface area contributed by atoms with Gasteiger partial charge in [0.25, 0.3) is 10.2 Å². The highest BCUT2D eigenvalue weighted by Crippen LogP contribution is 2.35. The minimum atomic E-state index is -3.91. The molecule has 0 saturated carbocycles. The van der Waals surface area contributed by atoms with Gasteiger partial charge in [-0.05, 0) is 12.1 Å². The molecular weight excluding hydrogens is 375 g/mol. The van der Waals surface area contributed by atoms with Crippen LogP contribution in [-0.2, 0) is 16.8 Å². The molecule has 8 nitrogen and oxygen atoms in total. The fraction of sp³-hybridized carbons (Fsp3) is 0.176. The summed E-state index contributed by atoms with van der Waals surface area (Å²) in [6.07, 6.45) is 1.37.